The number of ether oxygens (including phenoxy) is 2. The van der Waals surface area contributed by atoms with Gasteiger partial charge in [0.15, 0.2) is 0 Å². The van der Waals surface area contributed by atoms with Crippen LogP contribution in [0.1, 0.15) is 28.6 Å². The van der Waals surface area contributed by atoms with Gasteiger partial charge in [-0.2, -0.15) is 0 Å². The van der Waals surface area contributed by atoms with E-state index in [4.69, 9.17) is 9.47 Å². The standard InChI is InChI=1S/C17H18N2O6/c1-10-8-19(17(23)18-15(10)21)14-7-12(20)13(25-14)9-24-16(22)11-5-3-2-4-6-11/h2-6,8,12-14,20H,7,9H2,1H3,(H,18,21,23)/t12?,13-,14-/m1/s1. The van der Waals surface area contributed by atoms with Crippen molar-refractivity contribution in [2.75, 3.05) is 6.61 Å². The molecule has 1 aromatic carbocycles. The zero-order chi connectivity index (χ0) is 18.0. The lowest BCUT2D eigenvalue weighted by Gasteiger charge is -2.16. The maximum Gasteiger partial charge on any atom is 0.338 e. The molecule has 1 aliphatic heterocycles. The first-order chi connectivity index (χ1) is 12.0. The van der Waals surface area contributed by atoms with Gasteiger partial charge < -0.3 is 14.6 Å². The highest BCUT2D eigenvalue weighted by Gasteiger charge is 2.36. The normalized spacial score (nSPS) is 22.7. The second kappa shape index (κ2) is 7.04. The lowest BCUT2D eigenvalue weighted by Crippen LogP contribution is -2.33. The SMILES string of the molecule is Cc1cn([C@H]2CC(O)[C@@H](COC(=O)c3ccccc3)O2)c(=O)[nH]c1=O. The monoisotopic (exact) mass is 346 g/mol. The fourth-order valence-electron chi connectivity index (χ4n) is 2.65. The van der Waals surface area contributed by atoms with Gasteiger partial charge in [-0.25, -0.2) is 9.59 Å². The van der Waals surface area contributed by atoms with Crippen molar-refractivity contribution in [3.8, 4) is 0 Å². The number of aryl methyl sites for hydroxylation is 1. The quantitative estimate of drug-likeness (QED) is 0.773. The van der Waals surface area contributed by atoms with E-state index in [1.807, 2.05) is 0 Å². The molecular weight excluding hydrogens is 328 g/mol. The van der Waals surface area contributed by atoms with Gasteiger partial charge in [0.25, 0.3) is 5.56 Å². The van der Waals surface area contributed by atoms with E-state index in [1.54, 1.807) is 37.3 Å². The number of rotatable bonds is 4. The zero-order valence-corrected chi connectivity index (χ0v) is 13.5. The number of hydrogen-bond acceptors (Lipinski definition) is 6. The fraction of sp³-hybridized carbons (Fsp3) is 0.353. The first-order valence-electron chi connectivity index (χ1n) is 7.83. The van der Waals surface area contributed by atoms with Crippen LogP contribution in [0.4, 0.5) is 0 Å². The van der Waals surface area contributed by atoms with Gasteiger partial charge in [-0.15, -0.1) is 0 Å². The summed E-state index contributed by atoms with van der Waals surface area (Å²) < 4.78 is 12.0. The summed E-state index contributed by atoms with van der Waals surface area (Å²) in [5, 5.41) is 10.1. The molecule has 25 heavy (non-hydrogen) atoms. The Bertz CT molecular complexity index is 873. The molecule has 1 aromatic heterocycles. The van der Waals surface area contributed by atoms with Gasteiger partial charge in [0.05, 0.1) is 11.7 Å². The Hall–Kier alpha value is -2.71. The summed E-state index contributed by atoms with van der Waals surface area (Å²) in [4.78, 5) is 37.5. The summed E-state index contributed by atoms with van der Waals surface area (Å²) in [7, 11) is 0. The molecular formula is C17H18N2O6. The van der Waals surface area contributed by atoms with Gasteiger partial charge >= 0.3 is 11.7 Å². The Labute approximate surface area is 142 Å². The number of aliphatic hydroxyl groups is 1. The smallest absolute Gasteiger partial charge is 0.338 e. The number of nitrogens with one attached hydrogen (secondary N) is 1. The van der Waals surface area contributed by atoms with E-state index in [1.165, 1.54) is 10.8 Å². The fourth-order valence-corrected chi connectivity index (χ4v) is 2.65. The van der Waals surface area contributed by atoms with Gasteiger partial charge in [-0.1, -0.05) is 18.2 Å². The van der Waals surface area contributed by atoms with Gasteiger partial charge in [-0.3, -0.25) is 14.3 Å². The lowest BCUT2D eigenvalue weighted by molar-refractivity contribution is -0.0532. The molecule has 2 N–H and O–H groups in total. The van der Waals surface area contributed by atoms with Gasteiger partial charge in [0.2, 0.25) is 0 Å². The minimum absolute atomic E-state index is 0.136. The zero-order valence-electron chi connectivity index (χ0n) is 13.5. The Balaban J connectivity index is 1.66. The number of aliphatic hydroxyl groups excluding tert-OH is 1. The average Bonchev–Trinajstić information content (AvgIpc) is 2.97. The van der Waals surface area contributed by atoms with Crippen molar-refractivity contribution >= 4 is 5.97 Å². The van der Waals surface area contributed by atoms with Crippen molar-refractivity contribution < 1.29 is 19.4 Å². The first-order valence-corrected chi connectivity index (χ1v) is 7.83. The molecule has 1 unspecified atom stereocenters. The molecule has 132 valence electrons. The van der Waals surface area contributed by atoms with Crippen molar-refractivity contribution in [3.05, 3.63) is 68.5 Å². The molecule has 8 heteroatoms. The minimum atomic E-state index is -0.896. The first kappa shape index (κ1) is 17.1. The summed E-state index contributed by atoms with van der Waals surface area (Å²) in [5.74, 6) is -0.517. The molecule has 0 radical (unpaired) electrons. The van der Waals surface area contributed by atoms with Crippen LogP contribution in [0.2, 0.25) is 0 Å². The van der Waals surface area contributed by atoms with Crippen LogP contribution in [0.25, 0.3) is 0 Å². The Morgan fingerprint density at radius 1 is 1.36 bits per heavy atom. The number of esters is 1. The summed E-state index contributed by atoms with van der Waals surface area (Å²) >= 11 is 0. The number of aromatic nitrogens is 2. The highest BCUT2D eigenvalue weighted by atomic mass is 16.6. The number of benzene rings is 1. The third-order valence-electron chi connectivity index (χ3n) is 4.05. The van der Waals surface area contributed by atoms with Crippen LogP contribution in [-0.4, -0.2) is 39.4 Å². The number of aromatic amines is 1. The van der Waals surface area contributed by atoms with Crippen LogP contribution in [0, 0.1) is 6.92 Å². The van der Waals surface area contributed by atoms with E-state index < -0.39 is 35.7 Å². The van der Waals surface area contributed by atoms with E-state index in [2.05, 4.69) is 4.98 Å². The second-order valence-electron chi connectivity index (χ2n) is 5.88. The average molecular weight is 346 g/mol. The molecule has 2 aromatic rings. The number of hydrogen-bond donors (Lipinski definition) is 2. The van der Waals surface area contributed by atoms with Crippen molar-refractivity contribution in [2.45, 2.75) is 31.8 Å². The van der Waals surface area contributed by atoms with Gasteiger partial charge in [0, 0.05) is 18.2 Å². The molecule has 8 nitrogen and oxygen atoms in total. The van der Waals surface area contributed by atoms with E-state index in [0.29, 0.717) is 11.1 Å². The van der Waals surface area contributed by atoms with Crippen molar-refractivity contribution in [2.24, 2.45) is 0 Å². The third-order valence-corrected chi connectivity index (χ3v) is 4.05. The van der Waals surface area contributed by atoms with Crippen LogP contribution in [-0.2, 0) is 9.47 Å². The Morgan fingerprint density at radius 2 is 2.08 bits per heavy atom. The van der Waals surface area contributed by atoms with Crippen molar-refractivity contribution in [1.82, 2.24) is 9.55 Å². The third kappa shape index (κ3) is 3.70. The van der Waals surface area contributed by atoms with Crippen LogP contribution in [0.5, 0.6) is 0 Å². The molecule has 1 fully saturated rings. The van der Waals surface area contributed by atoms with E-state index >= 15 is 0 Å². The molecule has 0 amide bonds. The minimum Gasteiger partial charge on any atom is -0.459 e. The number of nitrogens with zero attached hydrogens (tertiary/aromatic N) is 1. The van der Waals surface area contributed by atoms with Gasteiger partial charge in [0.1, 0.15) is 18.9 Å². The van der Waals surface area contributed by atoms with E-state index in [-0.39, 0.29) is 13.0 Å². The van der Waals surface area contributed by atoms with Crippen LogP contribution in [0.3, 0.4) is 0 Å². The van der Waals surface area contributed by atoms with Crippen molar-refractivity contribution in [3.63, 3.8) is 0 Å². The second-order valence-corrected chi connectivity index (χ2v) is 5.88. The Morgan fingerprint density at radius 3 is 2.80 bits per heavy atom. The number of H-pyrrole nitrogens is 1. The molecule has 0 bridgehead atoms. The number of carbonyl (C=O) groups is 1. The predicted molar refractivity (Wildman–Crippen MR) is 87.3 cm³/mol. The Kier molecular flexibility index (Phi) is 4.82. The molecule has 0 aliphatic carbocycles. The topological polar surface area (TPSA) is 111 Å². The van der Waals surface area contributed by atoms with Crippen LogP contribution < -0.4 is 11.2 Å². The summed E-state index contributed by atoms with van der Waals surface area (Å²) in [6.07, 6.45) is -0.849. The van der Waals surface area contributed by atoms with Gasteiger partial charge in [-0.05, 0) is 19.1 Å². The molecule has 3 rings (SSSR count). The summed E-state index contributed by atoms with van der Waals surface area (Å²) in [6.45, 7) is 1.43. The molecule has 1 aliphatic rings. The van der Waals surface area contributed by atoms with Crippen molar-refractivity contribution in [1.29, 1.82) is 0 Å². The molecule has 0 spiro atoms. The lowest BCUT2D eigenvalue weighted by atomic mass is 10.2. The summed E-state index contributed by atoms with van der Waals surface area (Å²) in [6, 6.07) is 8.48. The molecule has 3 atom stereocenters. The highest BCUT2D eigenvalue weighted by Crippen LogP contribution is 2.27. The maximum absolute atomic E-state index is 11.9. The van der Waals surface area contributed by atoms with E-state index in [9.17, 15) is 19.5 Å². The molecule has 2 heterocycles. The van der Waals surface area contributed by atoms with Crippen LogP contribution in [0.15, 0.2) is 46.1 Å². The number of carbonyl (C=O) groups excluding carboxylic acids is 1. The molecule has 0 saturated carbocycles. The summed E-state index contributed by atoms with van der Waals surface area (Å²) in [5.41, 5.74) is -0.321. The molecule has 1 saturated heterocycles. The highest BCUT2D eigenvalue weighted by molar-refractivity contribution is 5.89. The van der Waals surface area contributed by atoms with Crippen LogP contribution >= 0.6 is 0 Å². The van der Waals surface area contributed by atoms with E-state index in [0.717, 1.165) is 0 Å². The maximum atomic E-state index is 11.9. The predicted octanol–water partition coefficient (Wildman–Crippen LogP) is 0.350. The largest absolute Gasteiger partial charge is 0.459 e.